The third kappa shape index (κ3) is 6.68. The van der Waals surface area contributed by atoms with E-state index in [9.17, 15) is 9.18 Å². The second-order valence-corrected chi connectivity index (χ2v) is 5.62. The minimum atomic E-state index is -0.211. The van der Waals surface area contributed by atoms with E-state index in [1.54, 1.807) is 6.07 Å². The van der Waals surface area contributed by atoms with Crippen LogP contribution >= 0.6 is 15.9 Å². The van der Waals surface area contributed by atoms with Gasteiger partial charge in [-0.05, 0) is 43.9 Å². The first-order valence-corrected chi connectivity index (χ1v) is 7.24. The Morgan fingerprint density at radius 1 is 1.53 bits per heavy atom. The van der Waals surface area contributed by atoms with Crippen LogP contribution in [-0.4, -0.2) is 18.5 Å². The molecule has 3 N–H and O–H groups in total. The van der Waals surface area contributed by atoms with Crippen LogP contribution in [0.1, 0.15) is 31.7 Å². The van der Waals surface area contributed by atoms with E-state index in [2.05, 4.69) is 21.2 Å². The smallest absolute Gasteiger partial charge is 0.220 e. The van der Waals surface area contributed by atoms with Gasteiger partial charge in [-0.25, -0.2) is 4.39 Å². The van der Waals surface area contributed by atoms with E-state index in [1.165, 1.54) is 6.07 Å². The molecular weight excluding hydrogens is 311 g/mol. The Hall–Kier alpha value is -0.940. The normalized spacial score (nSPS) is 12.2. The summed E-state index contributed by atoms with van der Waals surface area (Å²) in [6.45, 7) is 2.44. The van der Waals surface area contributed by atoms with Gasteiger partial charge < -0.3 is 11.1 Å². The fourth-order valence-corrected chi connectivity index (χ4v) is 2.01. The van der Waals surface area contributed by atoms with Gasteiger partial charge in [-0.15, -0.1) is 0 Å². The maximum Gasteiger partial charge on any atom is 0.220 e. The molecule has 3 nitrogen and oxygen atoms in total. The molecule has 1 unspecified atom stereocenters. The van der Waals surface area contributed by atoms with Crippen LogP contribution in [0.15, 0.2) is 22.7 Å². The molecule has 1 aromatic rings. The second kappa shape index (κ2) is 8.27. The number of hydrogen-bond donors (Lipinski definition) is 2. The van der Waals surface area contributed by atoms with Crippen molar-refractivity contribution in [3.63, 3.8) is 0 Å². The third-order valence-electron chi connectivity index (χ3n) is 2.79. The number of halogens is 2. The number of benzene rings is 1. The lowest BCUT2D eigenvalue weighted by atomic mass is 10.1. The van der Waals surface area contributed by atoms with Crippen molar-refractivity contribution in [3.8, 4) is 0 Å². The van der Waals surface area contributed by atoms with Gasteiger partial charge >= 0.3 is 0 Å². The Kier molecular flexibility index (Phi) is 7.02. The fourth-order valence-electron chi connectivity index (χ4n) is 1.68. The number of rotatable bonds is 7. The number of amides is 1. The molecular formula is C14H20BrFN2O. The van der Waals surface area contributed by atoms with Gasteiger partial charge in [-0.3, -0.25) is 4.79 Å². The molecule has 1 amide bonds. The molecule has 0 fully saturated rings. The molecule has 1 aromatic carbocycles. The van der Waals surface area contributed by atoms with Gasteiger partial charge in [-0.2, -0.15) is 0 Å². The standard InChI is InChI=1S/C14H20BrFN2O/c1-10(17)4-7-14(19)18-8-2-3-11-5-6-12(15)9-13(11)16/h5-6,9-10H,2-4,7-8,17H2,1H3,(H,18,19). The Balaban J connectivity index is 2.22. The predicted octanol–water partition coefficient (Wildman–Crippen LogP) is 2.76. The lowest BCUT2D eigenvalue weighted by Crippen LogP contribution is -2.26. The summed E-state index contributed by atoms with van der Waals surface area (Å²) in [5.74, 6) is -0.203. The van der Waals surface area contributed by atoms with E-state index in [0.717, 1.165) is 10.9 Å². The molecule has 0 aliphatic carbocycles. The molecule has 5 heteroatoms. The van der Waals surface area contributed by atoms with Crippen molar-refractivity contribution < 1.29 is 9.18 Å². The van der Waals surface area contributed by atoms with Gasteiger partial charge in [0.15, 0.2) is 0 Å². The van der Waals surface area contributed by atoms with E-state index >= 15 is 0 Å². The van der Waals surface area contributed by atoms with Crippen LogP contribution in [0.5, 0.6) is 0 Å². The molecule has 0 aromatic heterocycles. The Bertz CT molecular complexity index is 424. The number of nitrogens with one attached hydrogen (secondary N) is 1. The molecule has 0 radical (unpaired) electrons. The molecule has 19 heavy (non-hydrogen) atoms. The Morgan fingerprint density at radius 2 is 2.26 bits per heavy atom. The van der Waals surface area contributed by atoms with Crippen LogP contribution in [-0.2, 0) is 11.2 Å². The molecule has 106 valence electrons. The first-order valence-electron chi connectivity index (χ1n) is 6.45. The van der Waals surface area contributed by atoms with E-state index in [0.29, 0.717) is 31.4 Å². The maximum absolute atomic E-state index is 13.5. The Labute approximate surface area is 121 Å². The van der Waals surface area contributed by atoms with Gasteiger partial charge in [0.05, 0.1) is 0 Å². The quantitative estimate of drug-likeness (QED) is 0.755. The second-order valence-electron chi connectivity index (χ2n) is 4.71. The van der Waals surface area contributed by atoms with Gasteiger partial charge in [-0.1, -0.05) is 22.0 Å². The van der Waals surface area contributed by atoms with E-state index in [-0.39, 0.29) is 17.8 Å². The molecule has 0 saturated carbocycles. The maximum atomic E-state index is 13.5. The van der Waals surface area contributed by atoms with E-state index in [4.69, 9.17) is 5.73 Å². The molecule has 0 heterocycles. The number of hydrogen-bond acceptors (Lipinski definition) is 2. The van der Waals surface area contributed by atoms with E-state index in [1.807, 2.05) is 13.0 Å². The van der Waals surface area contributed by atoms with Gasteiger partial charge in [0.1, 0.15) is 5.82 Å². The molecule has 1 rings (SSSR count). The largest absolute Gasteiger partial charge is 0.356 e. The SMILES string of the molecule is CC(N)CCC(=O)NCCCc1ccc(Br)cc1F. The summed E-state index contributed by atoms with van der Waals surface area (Å²) in [5.41, 5.74) is 6.25. The fraction of sp³-hybridized carbons (Fsp3) is 0.500. The topological polar surface area (TPSA) is 55.1 Å². The van der Waals surface area contributed by atoms with Crippen LogP contribution in [0.25, 0.3) is 0 Å². The number of aryl methyl sites for hydroxylation is 1. The van der Waals surface area contributed by atoms with Crippen LogP contribution in [0, 0.1) is 5.82 Å². The minimum absolute atomic E-state index is 0.00794. The molecule has 0 aliphatic rings. The van der Waals surface area contributed by atoms with Crippen molar-refractivity contribution in [2.45, 2.75) is 38.6 Å². The zero-order valence-corrected chi connectivity index (χ0v) is 12.7. The van der Waals surface area contributed by atoms with Crippen LogP contribution in [0.2, 0.25) is 0 Å². The van der Waals surface area contributed by atoms with Crippen molar-refractivity contribution in [2.24, 2.45) is 5.73 Å². The summed E-state index contributed by atoms with van der Waals surface area (Å²) in [4.78, 5) is 11.4. The summed E-state index contributed by atoms with van der Waals surface area (Å²) < 4.78 is 14.2. The first kappa shape index (κ1) is 16.1. The van der Waals surface area contributed by atoms with Gasteiger partial charge in [0.2, 0.25) is 5.91 Å². The summed E-state index contributed by atoms with van der Waals surface area (Å²) in [6.07, 6.45) is 2.48. The summed E-state index contributed by atoms with van der Waals surface area (Å²) >= 11 is 3.22. The van der Waals surface area contributed by atoms with Crippen molar-refractivity contribution in [3.05, 3.63) is 34.1 Å². The van der Waals surface area contributed by atoms with Crippen LogP contribution in [0.3, 0.4) is 0 Å². The third-order valence-corrected chi connectivity index (χ3v) is 3.28. The van der Waals surface area contributed by atoms with Crippen molar-refractivity contribution >= 4 is 21.8 Å². The first-order chi connectivity index (χ1) is 8.99. The van der Waals surface area contributed by atoms with Crippen LogP contribution < -0.4 is 11.1 Å². The summed E-state index contributed by atoms with van der Waals surface area (Å²) in [5, 5.41) is 2.81. The van der Waals surface area contributed by atoms with Crippen molar-refractivity contribution in [1.82, 2.24) is 5.32 Å². The average molecular weight is 331 g/mol. The number of nitrogens with two attached hydrogens (primary N) is 1. The Morgan fingerprint density at radius 3 is 2.89 bits per heavy atom. The summed E-state index contributed by atoms with van der Waals surface area (Å²) in [7, 11) is 0. The van der Waals surface area contributed by atoms with Gasteiger partial charge in [0, 0.05) is 23.5 Å². The average Bonchev–Trinajstić information content (AvgIpc) is 2.34. The molecule has 0 spiro atoms. The van der Waals surface area contributed by atoms with Gasteiger partial charge in [0.25, 0.3) is 0 Å². The lowest BCUT2D eigenvalue weighted by Gasteiger charge is -2.07. The highest BCUT2D eigenvalue weighted by molar-refractivity contribution is 9.10. The highest BCUT2D eigenvalue weighted by Gasteiger charge is 2.05. The molecule has 0 aliphatic heterocycles. The molecule has 0 bridgehead atoms. The predicted molar refractivity (Wildman–Crippen MR) is 78.3 cm³/mol. The van der Waals surface area contributed by atoms with Crippen molar-refractivity contribution in [1.29, 1.82) is 0 Å². The molecule has 1 atom stereocenters. The zero-order chi connectivity index (χ0) is 14.3. The number of carbonyl (C=O) groups is 1. The summed E-state index contributed by atoms with van der Waals surface area (Å²) in [6, 6.07) is 5.08. The highest BCUT2D eigenvalue weighted by Crippen LogP contribution is 2.16. The highest BCUT2D eigenvalue weighted by atomic mass is 79.9. The van der Waals surface area contributed by atoms with Crippen molar-refractivity contribution in [2.75, 3.05) is 6.54 Å². The van der Waals surface area contributed by atoms with Crippen LogP contribution in [0.4, 0.5) is 4.39 Å². The van der Waals surface area contributed by atoms with E-state index < -0.39 is 0 Å². The lowest BCUT2D eigenvalue weighted by molar-refractivity contribution is -0.121. The zero-order valence-electron chi connectivity index (χ0n) is 11.1. The monoisotopic (exact) mass is 330 g/mol. The molecule has 0 saturated heterocycles. The minimum Gasteiger partial charge on any atom is -0.356 e. The number of carbonyl (C=O) groups excluding carboxylic acids is 1.